The summed E-state index contributed by atoms with van der Waals surface area (Å²) in [5.74, 6) is 6.16. The number of benzene rings is 2. The third kappa shape index (κ3) is 2.71. The summed E-state index contributed by atoms with van der Waals surface area (Å²) in [6.45, 7) is 6.61. The van der Waals surface area contributed by atoms with E-state index in [2.05, 4.69) is 39.0 Å². The number of anilines is 2. The van der Waals surface area contributed by atoms with Crippen molar-refractivity contribution in [3.8, 4) is 0 Å². The van der Waals surface area contributed by atoms with Crippen LogP contribution >= 0.6 is 0 Å². The Kier molecular flexibility index (Phi) is 3.39. The van der Waals surface area contributed by atoms with E-state index >= 15 is 0 Å². The summed E-state index contributed by atoms with van der Waals surface area (Å²) in [5, 5.41) is 1.72. The Morgan fingerprint density at radius 2 is 1.44 bits per heavy atom. The minimum Gasteiger partial charge on any atom is -0.280 e. The van der Waals surface area contributed by atoms with Gasteiger partial charge in [0.2, 0.25) is 0 Å². The van der Waals surface area contributed by atoms with Crippen molar-refractivity contribution in [3.05, 3.63) is 60.2 Å². The van der Waals surface area contributed by atoms with Gasteiger partial charge in [-0.05, 0) is 35.2 Å². The number of rotatable bonds is 2. The largest absolute Gasteiger partial charge is 0.280 e. The van der Waals surface area contributed by atoms with Crippen molar-refractivity contribution >= 4 is 11.4 Å². The van der Waals surface area contributed by atoms with Crippen molar-refractivity contribution in [1.82, 2.24) is 0 Å². The second kappa shape index (κ2) is 4.83. The molecule has 0 aromatic heterocycles. The van der Waals surface area contributed by atoms with Gasteiger partial charge in [-0.25, -0.2) is 5.84 Å². The molecule has 0 unspecified atom stereocenters. The fourth-order valence-electron chi connectivity index (χ4n) is 1.86. The van der Waals surface area contributed by atoms with Crippen molar-refractivity contribution in [2.45, 2.75) is 26.2 Å². The molecular formula is C16H20N2. The molecule has 0 aliphatic heterocycles. The average molecular weight is 240 g/mol. The lowest BCUT2D eigenvalue weighted by molar-refractivity contribution is 0.590. The summed E-state index contributed by atoms with van der Waals surface area (Å²) in [6.07, 6.45) is 0. The predicted octanol–water partition coefficient (Wildman–Crippen LogP) is 4.00. The Labute approximate surface area is 109 Å². The Hall–Kier alpha value is -1.80. The van der Waals surface area contributed by atoms with Crippen LogP contribution in [0.1, 0.15) is 26.3 Å². The van der Waals surface area contributed by atoms with E-state index in [0.29, 0.717) is 0 Å². The van der Waals surface area contributed by atoms with Gasteiger partial charge in [-0.15, -0.1) is 0 Å². The van der Waals surface area contributed by atoms with Crippen molar-refractivity contribution in [3.63, 3.8) is 0 Å². The van der Waals surface area contributed by atoms with E-state index in [9.17, 15) is 0 Å². The van der Waals surface area contributed by atoms with Crippen LogP contribution in [-0.4, -0.2) is 0 Å². The zero-order chi connectivity index (χ0) is 13.2. The Morgan fingerprint density at radius 3 is 2.06 bits per heavy atom. The van der Waals surface area contributed by atoms with E-state index in [1.54, 1.807) is 5.01 Å². The van der Waals surface area contributed by atoms with E-state index in [1.807, 2.05) is 36.4 Å². The Morgan fingerprint density at radius 1 is 0.833 bits per heavy atom. The lowest BCUT2D eigenvalue weighted by Gasteiger charge is -2.23. The summed E-state index contributed by atoms with van der Waals surface area (Å²) in [4.78, 5) is 0. The van der Waals surface area contributed by atoms with Gasteiger partial charge in [0.15, 0.2) is 0 Å². The van der Waals surface area contributed by atoms with Gasteiger partial charge in [0, 0.05) is 0 Å². The molecule has 0 radical (unpaired) electrons. The molecule has 2 aromatic rings. The summed E-state index contributed by atoms with van der Waals surface area (Å²) in [6, 6.07) is 18.3. The summed E-state index contributed by atoms with van der Waals surface area (Å²) < 4.78 is 0. The smallest absolute Gasteiger partial charge is 0.0578 e. The van der Waals surface area contributed by atoms with Gasteiger partial charge in [0.25, 0.3) is 0 Å². The van der Waals surface area contributed by atoms with Gasteiger partial charge < -0.3 is 0 Å². The van der Waals surface area contributed by atoms with Gasteiger partial charge in [0.05, 0.1) is 11.4 Å². The topological polar surface area (TPSA) is 29.3 Å². The molecule has 0 saturated carbocycles. The zero-order valence-corrected chi connectivity index (χ0v) is 11.2. The molecule has 0 atom stereocenters. The van der Waals surface area contributed by atoms with Crippen LogP contribution in [0.2, 0.25) is 0 Å². The third-order valence-corrected chi connectivity index (χ3v) is 3.02. The van der Waals surface area contributed by atoms with Crippen LogP contribution < -0.4 is 10.9 Å². The fourth-order valence-corrected chi connectivity index (χ4v) is 1.86. The van der Waals surface area contributed by atoms with Gasteiger partial charge >= 0.3 is 0 Å². The molecule has 0 amide bonds. The molecule has 0 bridgehead atoms. The van der Waals surface area contributed by atoms with E-state index in [1.165, 1.54) is 5.56 Å². The maximum absolute atomic E-state index is 6.16. The molecule has 0 spiro atoms. The molecule has 2 nitrogen and oxygen atoms in total. The SMILES string of the molecule is CC(C)(C)c1cccc(N(N)c2ccccc2)c1. The first-order valence-electron chi connectivity index (χ1n) is 6.19. The zero-order valence-electron chi connectivity index (χ0n) is 11.2. The highest BCUT2D eigenvalue weighted by Gasteiger charge is 2.14. The van der Waals surface area contributed by atoms with Crippen LogP contribution in [-0.2, 0) is 5.41 Å². The number of hydrogen-bond acceptors (Lipinski definition) is 2. The first kappa shape index (κ1) is 12.7. The van der Waals surface area contributed by atoms with E-state index in [-0.39, 0.29) is 5.41 Å². The van der Waals surface area contributed by atoms with Crippen LogP contribution in [0.3, 0.4) is 0 Å². The molecule has 0 aliphatic rings. The van der Waals surface area contributed by atoms with Crippen LogP contribution in [0.4, 0.5) is 11.4 Å². The van der Waals surface area contributed by atoms with Crippen molar-refractivity contribution in [1.29, 1.82) is 0 Å². The Bertz CT molecular complexity index is 512. The van der Waals surface area contributed by atoms with Crippen molar-refractivity contribution in [2.75, 3.05) is 5.01 Å². The summed E-state index contributed by atoms with van der Waals surface area (Å²) in [7, 11) is 0. The third-order valence-electron chi connectivity index (χ3n) is 3.02. The van der Waals surface area contributed by atoms with Crippen LogP contribution in [0.15, 0.2) is 54.6 Å². The molecule has 0 saturated heterocycles. The number of hydrogen-bond donors (Lipinski definition) is 1. The normalized spacial score (nSPS) is 11.3. The highest BCUT2D eigenvalue weighted by Crippen LogP contribution is 2.28. The number of nitrogens with zero attached hydrogens (tertiary/aromatic N) is 1. The summed E-state index contributed by atoms with van der Waals surface area (Å²) in [5.41, 5.74) is 3.41. The van der Waals surface area contributed by atoms with Crippen molar-refractivity contribution < 1.29 is 0 Å². The highest BCUT2D eigenvalue weighted by molar-refractivity contribution is 5.62. The fraction of sp³-hybridized carbons (Fsp3) is 0.250. The van der Waals surface area contributed by atoms with Gasteiger partial charge in [-0.3, -0.25) is 5.01 Å². The highest BCUT2D eigenvalue weighted by atomic mass is 15.4. The second-order valence-electron chi connectivity index (χ2n) is 5.51. The quantitative estimate of drug-likeness (QED) is 0.635. The van der Waals surface area contributed by atoms with E-state index < -0.39 is 0 Å². The first-order valence-corrected chi connectivity index (χ1v) is 6.19. The average Bonchev–Trinajstić information content (AvgIpc) is 2.38. The molecule has 2 N–H and O–H groups in total. The van der Waals surface area contributed by atoms with Crippen LogP contribution in [0.5, 0.6) is 0 Å². The number of nitrogens with two attached hydrogens (primary N) is 1. The number of hydrazine groups is 1. The number of para-hydroxylation sites is 1. The Balaban J connectivity index is 2.35. The van der Waals surface area contributed by atoms with Gasteiger partial charge in [-0.1, -0.05) is 51.1 Å². The standard InChI is InChI=1S/C16H20N2/c1-16(2,3)13-8-7-11-15(12-13)18(17)14-9-5-4-6-10-14/h4-12H,17H2,1-3H3. The van der Waals surface area contributed by atoms with Crippen molar-refractivity contribution in [2.24, 2.45) is 5.84 Å². The molecule has 0 fully saturated rings. The molecule has 0 aliphatic carbocycles. The monoisotopic (exact) mass is 240 g/mol. The van der Waals surface area contributed by atoms with Crippen LogP contribution in [0.25, 0.3) is 0 Å². The maximum atomic E-state index is 6.16. The minimum absolute atomic E-state index is 0.132. The first-order chi connectivity index (χ1) is 8.48. The lowest BCUT2D eigenvalue weighted by Crippen LogP contribution is -2.25. The molecule has 18 heavy (non-hydrogen) atoms. The maximum Gasteiger partial charge on any atom is 0.0578 e. The molecule has 2 aromatic carbocycles. The van der Waals surface area contributed by atoms with Gasteiger partial charge in [0.1, 0.15) is 0 Å². The summed E-state index contributed by atoms with van der Waals surface area (Å²) >= 11 is 0. The second-order valence-corrected chi connectivity index (χ2v) is 5.51. The molecular weight excluding hydrogens is 220 g/mol. The molecule has 2 rings (SSSR count). The predicted molar refractivity (Wildman–Crippen MR) is 77.9 cm³/mol. The van der Waals surface area contributed by atoms with Gasteiger partial charge in [-0.2, -0.15) is 0 Å². The van der Waals surface area contributed by atoms with E-state index in [4.69, 9.17) is 5.84 Å². The molecule has 0 heterocycles. The van der Waals surface area contributed by atoms with E-state index in [0.717, 1.165) is 11.4 Å². The molecule has 2 heteroatoms. The lowest BCUT2D eigenvalue weighted by atomic mass is 9.87. The minimum atomic E-state index is 0.132. The molecule has 94 valence electrons. The van der Waals surface area contributed by atoms with Crippen LogP contribution in [0, 0.1) is 0 Å².